The summed E-state index contributed by atoms with van der Waals surface area (Å²) in [6.07, 6.45) is 2.29. The van der Waals surface area contributed by atoms with Crippen molar-refractivity contribution in [1.82, 2.24) is 5.32 Å². The molecule has 20 heavy (non-hydrogen) atoms. The summed E-state index contributed by atoms with van der Waals surface area (Å²) in [7, 11) is 1.88. The lowest BCUT2D eigenvalue weighted by molar-refractivity contribution is -0.129. The average Bonchev–Trinajstić information content (AvgIpc) is 2.46. The molecule has 1 amide bonds. The van der Waals surface area contributed by atoms with Crippen LogP contribution in [0.3, 0.4) is 0 Å². The van der Waals surface area contributed by atoms with Crippen molar-refractivity contribution in [3.63, 3.8) is 0 Å². The Hall–Kier alpha value is -1.35. The fourth-order valence-corrected chi connectivity index (χ4v) is 3.03. The molecular formula is C17H26N2O. The van der Waals surface area contributed by atoms with Gasteiger partial charge in [0, 0.05) is 18.2 Å². The molecule has 0 bridgehead atoms. The van der Waals surface area contributed by atoms with E-state index >= 15 is 0 Å². The number of benzene rings is 1. The lowest BCUT2D eigenvalue weighted by atomic mass is 9.74. The second-order valence-corrected chi connectivity index (χ2v) is 6.47. The number of rotatable bonds is 3. The maximum Gasteiger partial charge on any atom is 0.232 e. The first-order chi connectivity index (χ1) is 9.43. The molecule has 1 unspecified atom stereocenters. The van der Waals surface area contributed by atoms with Gasteiger partial charge >= 0.3 is 0 Å². The summed E-state index contributed by atoms with van der Waals surface area (Å²) in [6.45, 7) is 8.24. The molecule has 0 spiro atoms. The lowest BCUT2D eigenvalue weighted by Gasteiger charge is -2.38. The fourth-order valence-electron chi connectivity index (χ4n) is 3.03. The lowest BCUT2D eigenvalue weighted by Crippen LogP contribution is -2.48. The standard InChI is InChI=1S/C17H26N2O/c1-13-7-5-9-15(11-13)19(4)16(20)17(2,3)14-8-6-10-18-12-14/h5,7,9,11,14,18H,6,8,10,12H2,1-4H3. The topological polar surface area (TPSA) is 32.3 Å². The molecule has 1 aliphatic heterocycles. The Morgan fingerprint density at radius 3 is 2.75 bits per heavy atom. The Bertz CT molecular complexity index is 476. The fraction of sp³-hybridized carbons (Fsp3) is 0.588. The third-order valence-corrected chi connectivity index (χ3v) is 4.56. The highest BCUT2D eigenvalue weighted by molar-refractivity contribution is 5.97. The molecular weight excluding hydrogens is 248 g/mol. The van der Waals surface area contributed by atoms with Crippen molar-refractivity contribution in [2.75, 3.05) is 25.0 Å². The van der Waals surface area contributed by atoms with Gasteiger partial charge in [0.15, 0.2) is 0 Å². The van der Waals surface area contributed by atoms with E-state index in [2.05, 4.69) is 38.2 Å². The van der Waals surface area contributed by atoms with Crippen LogP contribution >= 0.6 is 0 Å². The van der Waals surface area contributed by atoms with E-state index in [0.29, 0.717) is 5.92 Å². The minimum absolute atomic E-state index is 0.205. The smallest absolute Gasteiger partial charge is 0.232 e. The van der Waals surface area contributed by atoms with E-state index < -0.39 is 0 Å². The molecule has 1 atom stereocenters. The highest BCUT2D eigenvalue weighted by Crippen LogP contribution is 2.34. The van der Waals surface area contributed by atoms with Crippen molar-refractivity contribution in [2.45, 2.75) is 33.6 Å². The van der Waals surface area contributed by atoms with Gasteiger partial charge in [0.1, 0.15) is 0 Å². The van der Waals surface area contributed by atoms with Crippen LogP contribution in [0.1, 0.15) is 32.3 Å². The summed E-state index contributed by atoms with van der Waals surface area (Å²) in [6, 6.07) is 8.12. The maximum atomic E-state index is 12.9. The van der Waals surface area contributed by atoms with Crippen LogP contribution in [0.15, 0.2) is 24.3 Å². The van der Waals surface area contributed by atoms with Gasteiger partial charge in [-0.05, 0) is 56.5 Å². The number of anilines is 1. The molecule has 0 aliphatic carbocycles. The second-order valence-electron chi connectivity index (χ2n) is 6.47. The average molecular weight is 274 g/mol. The van der Waals surface area contributed by atoms with E-state index in [4.69, 9.17) is 0 Å². The molecule has 1 aromatic carbocycles. The van der Waals surface area contributed by atoms with Gasteiger partial charge in [-0.3, -0.25) is 4.79 Å². The largest absolute Gasteiger partial charge is 0.316 e. The molecule has 0 aromatic heterocycles. The maximum absolute atomic E-state index is 12.9. The van der Waals surface area contributed by atoms with Crippen molar-refractivity contribution in [1.29, 1.82) is 0 Å². The minimum Gasteiger partial charge on any atom is -0.316 e. The Morgan fingerprint density at radius 2 is 2.15 bits per heavy atom. The molecule has 2 rings (SSSR count). The van der Waals surface area contributed by atoms with E-state index in [1.807, 2.05) is 24.1 Å². The summed E-state index contributed by atoms with van der Waals surface area (Å²) in [5.41, 5.74) is 1.83. The van der Waals surface area contributed by atoms with Crippen molar-refractivity contribution in [2.24, 2.45) is 11.3 Å². The van der Waals surface area contributed by atoms with Crippen molar-refractivity contribution in [3.8, 4) is 0 Å². The van der Waals surface area contributed by atoms with Crippen LogP contribution < -0.4 is 10.2 Å². The van der Waals surface area contributed by atoms with E-state index in [1.54, 1.807) is 0 Å². The number of nitrogens with zero attached hydrogens (tertiary/aromatic N) is 1. The van der Waals surface area contributed by atoms with Gasteiger partial charge in [-0.15, -0.1) is 0 Å². The summed E-state index contributed by atoms with van der Waals surface area (Å²) in [4.78, 5) is 14.7. The molecule has 1 saturated heterocycles. The number of nitrogens with one attached hydrogen (secondary N) is 1. The molecule has 1 N–H and O–H groups in total. The number of carbonyl (C=O) groups is 1. The van der Waals surface area contributed by atoms with Crippen LogP contribution in [-0.2, 0) is 4.79 Å². The van der Waals surface area contributed by atoms with Crippen LogP contribution in [0.4, 0.5) is 5.69 Å². The molecule has 0 saturated carbocycles. The van der Waals surface area contributed by atoms with Crippen LogP contribution in [0.2, 0.25) is 0 Å². The highest BCUT2D eigenvalue weighted by atomic mass is 16.2. The van der Waals surface area contributed by atoms with E-state index in [0.717, 1.165) is 31.6 Å². The zero-order chi connectivity index (χ0) is 14.8. The summed E-state index contributed by atoms with van der Waals surface area (Å²) in [5.74, 6) is 0.618. The summed E-state index contributed by atoms with van der Waals surface area (Å²) < 4.78 is 0. The zero-order valence-electron chi connectivity index (χ0n) is 13.1. The van der Waals surface area contributed by atoms with E-state index in [1.165, 1.54) is 5.56 Å². The van der Waals surface area contributed by atoms with Gasteiger partial charge in [-0.25, -0.2) is 0 Å². The van der Waals surface area contributed by atoms with Gasteiger partial charge in [0.25, 0.3) is 0 Å². The summed E-state index contributed by atoms with van der Waals surface area (Å²) in [5, 5.41) is 3.41. The van der Waals surface area contributed by atoms with Crippen LogP contribution in [0.25, 0.3) is 0 Å². The third-order valence-electron chi connectivity index (χ3n) is 4.56. The number of hydrogen-bond donors (Lipinski definition) is 1. The number of aryl methyl sites for hydroxylation is 1. The first-order valence-corrected chi connectivity index (χ1v) is 7.48. The second kappa shape index (κ2) is 5.96. The Labute approximate surface area is 122 Å². The first-order valence-electron chi connectivity index (χ1n) is 7.48. The Balaban J connectivity index is 2.16. The molecule has 0 radical (unpaired) electrons. The van der Waals surface area contributed by atoms with Crippen molar-refractivity contribution >= 4 is 11.6 Å². The predicted octanol–water partition coefficient (Wildman–Crippen LogP) is 2.98. The normalized spacial score (nSPS) is 19.7. The van der Waals surface area contributed by atoms with E-state index in [-0.39, 0.29) is 11.3 Å². The number of hydrogen-bond acceptors (Lipinski definition) is 2. The SMILES string of the molecule is Cc1cccc(N(C)C(=O)C(C)(C)C2CCCNC2)c1. The van der Waals surface area contributed by atoms with Gasteiger partial charge < -0.3 is 10.2 Å². The van der Waals surface area contributed by atoms with Crippen LogP contribution in [-0.4, -0.2) is 26.0 Å². The third kappa shape index (κ3) is 3.04. The molecule has 1 heterocycles. The molecule has 1 fully saturated rings. The van der Waals surface area contributed by atoms with E-state index in [9.17, 15) is 4.79 Å². The minimum atomic E-state index is -0.327. The van der Waals surface area contributed by atoms with Crippen LogP contribution in [0.5, 0.6) is 0 Å². The number of amides is 1. The molecule has 1 aromatic rings. The molecule has 1 aliphatic rings. The zero-order valence-corrected chi connectivity index (χ0v) is 13.1. The summed E-state index contributed by atoms with van der Waals surface area (Å²) >= 11 is 0. The van der Waals surface area contributed by atoms with Gasteiger partial charge in [-0.1, -0.05) is 26.0 Å². The highest BCUT2D eigenvalue weighted by Gasteiger charge is 2.39. The van der Waals surface area contributed by atoms with Crippen LogP contribution in [0, 0.1) is 18.3 Å². The number of piperidine rings is 1. The van der Waals surface area contributed by atoms with Crippen molar-refractivity contribution in [3.05, 3.63) is 29.8 Å². The first kappa shape index (κ1) is 15.0. The van der Waals surface area contributed by atoms with Gasteiger partial charge in [0.05, 0.1) is 0 Å². The predicted molar refractivity (Wildman–Crippen MR) is 84.0 cm³/mol. The quantitative estimate of drug-likeness (QED) is 0.919. The number of carbonyl (C=O) groups excluding carboxylic acids is 1. The van der Waals surface area contributed by atoms with Crippen molar-refractivity contribution < 1.29 is 4.79 Å². The van der Waals surface area contributed by atoms with Gasteiger partial charge in [0.2, 0.25) is 5.91 Å². The molecule has 110 valence electrons. The van der Waals surface area contributed by atoms with Gasteiger partial charge in [-0.2, -0.15) is 0 Å². The molecule has 3 heteroatoms. The Kier molecular flexibility index (Phi) is 4.48. The molecule has 3 nitrogen and oxygen atoms in total. The Morgan fingerprint density at radius 1 is 1.40 bits per heavy atom. The monoisotopic (exact) mass is 274 g/mol.